The van der Waals surface area contributed by atoms with Gasteiger partial charge in [-0.05, 0) is 37.1 Å². The average molecular weight is 359 g/mol. The molecule has 0 bridgehead atoms. The van der Waals surface area contributed by atoms with E-state index in [4.69, 9.17) is 16.0 Å². The Balaban J connectivity index is 1.39. The van der Waals surface area contributed by atoms with Crippen LogP contribution < -0.4 is 5.32 Å². The number of fused-ring (bicyclic) bond motifs is 2. The molecule has 0 unspecified atom stereocenters. The summed E-state index contributed by atoms with van der Waals surface area (Å²) in [7, 11) is 0. The van der Waals surface area contributed by atoms with Gasteiger partial charge < -0.3 is 14.3 Å². The maximum absolute atomic E-state index is 12.3. The highest BCUT2D eigenvalue weighted by Crippen LogP contribution is 2.23. The first kappa shape index (κ1) is 16.1. The first-order valence-electron chi connectivity index (χ1n) is 8.59. The molecule has 0 atom stereocenters. The SMILES string of the molecule is O=C(NCCc1nnc2n1CCCCC2)c1cc2cc(Cl)ccc2o1. The molecule has 3 heterocycles. The molecule has 0 aliphatic carbocycles. The molecule has 6 nitrogen and oxygen atoms in total. The van der Waals surface area contributed by atoms with Gasteiger partial charge >= 0.3 is 0 Å². The van der Waals surface area contributed by atoms with Crippen LogP contribution in [0.15, 0.2) is 28.7 Å². The van der Waals surface area contributed by atoms with E-state index in [9.17, 15) is 4.79 Å². The van der Waals surface area contributed by atoms with Crippen molar-refractivity contribution in [1.82, 2.24) is 20.1 Å². The van der Waals surface area contributed by atoms with Crippen molar-refractivity contribution in [3.63, 3.8) is 0 Å². The van der Waals surface area contributed by atoms with Gasteiger partial charge in [0.1, 0.15) is 17.2 Å². The van der Waals surface area contributed by atoms with Gasteiger partial charge in [-0.2, -0.15) is 0 Å². The highest BCUT2D eigenvalue weighted by molar-refractivity contribution is 6.31. The fourth-order valence-electron chi connectivity index (χ4n) is 3.23. The van der Waals surface area contributed by atoms with Crippen molar-refractivity contribution in [2.24, 2.45) is 0 Å². The number of rotatable bonds is 4. The van der Waals surface area contributed by atoms with Gasteiger partial charge in [0.2, 0.25) is 0 Å². The molecule has 25 heavy (non-hydrogen) atoms. The number of benzene rings is 1. The molecular weight excluding hydrogens is 340 g/mol. The molecule has 0 saturated carbocycles. The predicted molar refractivity (Wildman–Crippen MR) is 94.8 cm³/mol. The first-order chi connectivity index (χ1) is 12.2. The molecule has 0 radical (unpaired) electrons. The summed E-state index contributed by atoms with van der Waals surface area (Å²) < 4.78 is 7.77. The number of halogens is 1. The molecule has 1 aromatic carbocycles. The number of amides is 1. The molecule has 4 rings (SSSR count). The molecule has 3 aromatic rings. The summed E-state index contributed by atoms with van der Waals surface area (Å²) >= 11 is 5.96. The highest BCUT2D eigenvalue weighted by Gasteiger charge is 2.16. The first-order valence-corrected chi connectivity index (χ1v) is 8.97. The van der Waals surface area contributed by atoms with Crippen LogP contribution in [0.1, 0.15) is 41.5 Å². The van der Waals surface area contributed by atoms with Crippen molar-refractivity contribution < 1.29 is 9.21 Å². The lowest BCUT2D eigenvalue weighted by Gasteiger charge is -2.07. The van der Waals surface area contributed by atoms with E-state index in [1.54, 1.807) is 24.3 Å². The van der Waals surface area contributed by atoms with E-state index in [1.807, 2.05) is 0 Å². The van der Waals surface area contributed by atoms with Crippen LogP contribution in [0, 0.1) is 0 Å². The van der Waals surface area contributed by atoms with Crippen molar-refractivity contribution in [1.29, 1.82) is 0 Å². The topological polar surface area (TPSA) is 73.0 Å². The summed E-state index contributed by atoms with van der Waals surface area (Å²) in [6.45, 7) is 1.46. The molecule has 7 heteroatoms. The number of furan rings is 1. The van der Waals surface area contributed by atoms with Gasteiger partial charge in [-0.15, -0.1) is 10.2 Å². The predicted octanol–water partition coefficient (Wildman–Crippen LogP) is 3.38. The number of hydrogen-bond acceptors (Lipinski definition) is 4. The van der Waals surface area contributed by atoms with Gasteiger partial charge in [0.15, 0.2) is 5.76 Å². The monoisotopic (exact) mass is 358 g/mol. The van der Waals surface area contributed by atoms with Crippen LogP contribution in [0.25, 0.3) is 11.0 Å². The number of aromatic nitrogens is 3. The molecule has 0 saturated heterocycles. The van der Waals surface area contributed by atoms with Crippen LogP contribution in [-0.2, 0) is 19.4 Å². The second-order valence-electron chi connectivity index (χ2n) is 6.29. The summed E-state index contributed by atoms with van der Waals surface area (Å²) in [6.07, 6.45) is 5.21. The Morgan fingerprint density at radius 1 is 1.24 bits per heavy atom. The van der Waals surface area contributed by atoms with E-state index in [0.717, 1.165) is 36.4 Å². The minimum absolute atomic E-state index is 0.233. The van der Waals surface area contributed by atoms with Crippen molar-refractivity contribution in [2.45, 2.75) is 38.6 Å². The smallest absolute Gasteiger partial charge is 0.287 e. The van der Waals surface area contributed by atoms with Crippen molar-refractivity contribution in [3.8, 4) is 0 Å². The highest BCUT2D eigenvalue weighted by atomic mass is 35.5. The minimum atomic E-state index is -0.233. The molecule has 2 aromatic heterocycles. The Morgan fingerprint density at radius 3 is 3.08 bits per heavy atom. The number of nitrogens with one attached hydrogen (secondary N) is 1. The Bertz CT molecular complexity index is 915. The van der Waals surface area contributed by atoms with Crippen molar-refractivity contribution in [2.75, 3.05) is 6.54 Å². The second kappa shape index (κ2) is 6.88. The zero-order valence-electron chi connectivity index (χ0n) is 13.8. The van der Waals surface area contributed by atoms with E-state index in [0.29, 0.717) is 23.6 Å². The van der Waals surface area contributed by atoms with Gasteiger partial charge in [-0.3, -0.25) is 4.79 Å². The lowest BCUT2D eigenvalue weighted by Crippen LogP contribution is -2.26. The number of hydrogen-bond donors (Lipinski definition) is 1. The summed E-state index contributed by atoms with van der Waals surface area (Å²) in [4.78, 5) is 12.3. The molecule has 1 aliphatic rings. The normalized spacial score (nSPS) is 14.3. The maximum atomic E-state index is 12.3. The van der Waals surface area contributed by atoms with E-state index < -0.39 is 0 Å². The van der Waals surface area contributed by atoms with Crippen molar-refractivity contribution in [3.05, 3.63) is 46.7 Å². The van der Waals surface area contributed by atoms with Gasteiger partial charge in [-0.1, -0.05) is 18.0 Å². The Morgan fingerprint density at radius 2 is 2.16 bits per heavy atom. The van der Waals surface area contributed by atoms with Crippen LogP contribution in [-0.4, -0.2) is 27.2 Å². The number of nitrogens with zero attached hydrogens (tertiary/aromatic N) is 3. The minimum Gasteiger partial charge on any atom is -0.451 e. The largest absolute Gasteiger partial charge is 0.451 e. The van der Waals surface area contributed by atoms with Crippen LogP contribution in [0.2, 0.25) is 5.02 Å². The van der Waals surface area contributed by atoms with Gasteiger partial charge in [0.05, 0.1) is 0 Å². The third-order valence-corrected chi connectivity index (χ3v) is 4.76. The van der Waals surface area contributed by atoms with E-state index in [1.165, 1.54) is 12.8 Å². The van der Waals surface area contributed by atoms with Crippen LogP contribution >= 0.6 is 11.6 Å². The number of carbonyl (C=O) groups is 1. The molecule has 0 fully saturated rings. The molecule has 1 N–H and O–H groups in total. The number of carbonyl (C=O) groups excluding carboxylic acids is 1. The third-order valence-electron chi connectivity index (χ3n) is 4.52. The van der Waals surface area contributed by atoms with Crippen LogP contribution in [0.3, 0.4) is 0 Å². The summed E-state index contributed by atoms with van der Waals surface area (Å²) in [5.41, 5.74) is 0.650. The summed E-state index contributed by atoms with van der Waals surface area (Å²) in [6, 6.07) is 6.99. The van der Waals surface area contributed by atoms with Gasteiger partial charge in [0.25, 0.3) is 5.91 Å². The Kier molecular flexibility index (Phi) is 4.44. The van der Waals surface area contributed by atoms with Crippen molar-refractivity contribution >= 4 is 28.5 Å². The molecule has 1 aliphatic heterocycles. The molecule has 130 valence electrons. The maximum Gasteiger partial charge on any atom is 0.287 e. The van der Waals surface area contributed by atoms with Crippen LogP contribution in [0.4, 0.5) is 0 Å². The van der Waals surface area contributed by atoms with Crippen LogP contribution in [0.5, 0.6) is 0 Å². The Labute approximate surface area is 150 Å². The zero-order valence-corrected chi connectivity index (χ0v) is 14.6. The third kappa shape index (κ3) is 3.39. The second-order valence-corrected chi connectivity index (χ2v) is 6.73. The quantitative estimate of drug-likeness (QED) is 0.776. The lowest BCUT2D eigenvalue weighted by molar-refractivity contribution is 0.0928. The van der Waals surface area contributed by atoms with Gasteiger partial charge in [0, 0.05) is 36.3 Å². The Hall–Kier alpha value is -2.34. The standard InChI is InChI=1S/C18H19ClN4O2/c19-13-5-6-14-12(10-13)11-15(25-14)18(24)20-8-7-17-22-21-16-4-2-1-3-9-23(16)17/h5-6,10-11H,1-4,7-9H2,(H,20,24). The van der Waals surface area contributed by atoms with E-state index in [-0.39, 0.29) is 11.7 Å². The van der Waals surface area contributed by atoms with E-state index in [2.05, 4.69) is 20.1 Å². The molecule has 0 spiro atoms. The summed E-state index contributed by atoms with van der Waals surface area (Å²) in [5, 5.41) is 12.9. The number of aryl methyl sites for hydroxylation is 1. The lowest BCUT2D eigenvalue weighted by atomic mass is 10.2. The molecule has 1 amide bonds. The fourth-order valence-corrected chi connectivity index (χ4v) is 3.41. The van der Waals surface area contributed by atoms with Gasteiger partial charge in [-0.25, -0.2) is 0 Å². The summed E-state index contributed by atoms with van der Waals surface area (Å²) in [5.74, 6) is 2.06. The zero-order chi connectivity index (χ0) is 17.2. The molecular formula is C18H19ClN4O2. The van der Waals surface area contributed by atoms with E-state index >= 15 is 0 Å². The average Bonchev–Trinajstić information content (AvgIpc) is 3.11. The fraction of sp³-hybridized carbons (Fsp3) is 0.389.